The van der Waals surface area contributed by atoms with Gasteiger partial charge >= 0.3 is 11.6 Å². The lowest BCUT2D eigenvalue weighted by molar-refractivity contribution is -0.131. The van der Waals surface area contributed by atoms with Crippen molar-refractivity contribution in [3.63, 3.8) is 0 Å². The van der Waals surface area contributed by atoms with Crippen molar-refractivity contribution in [3.8, 4) is 16.5 Å². The number of carbonyl (C=O) groups excluding carboxylic acids is 1. The summed E-state index contributed by atoms with van der Waals surface area (Å²) in [5.41, 5.74) is 0.0665. The maximum Gasteiger partial charge on any atom is 0.347 e. The number of thiophene rings is 1. The van der Waals surface area contributed by atoms with Crippen molar-refractivity contribution in [1.29, 1.82) is 0 Å². The van der Waals surface area contributed by atoms with Gasteiger partial charge in [0.05, 0.1) is 10.9 Å². The maximum absolute atomic E-state index is 12.2. The molecule has 2 heterocycles. The van der Waals surface area contributed by atoms with E-state index in [1.54, 1.807) is 24.3 Å². The third-order valence-electron chi connectivity index (χ3n) is 3.53. The number of esters is 1. The molecule has 0 aliphatic heterocycles. The van der Waals surface area contributed by atoms with Crippen LogP contribution in [0, 0.1) is 0 Å². The highest BCUT2D eigenvalue weighted by Gasteiger charge is 2.20. The molecule has 0 spiro atoms. The van der Waals surface area contributed by atoms with E-state index in [0.717, 1.165) is 10.1 Å². The molecule has 0 saturated carbocycles. The number of para-hydroxylation sites is 1. The minimum absolute atomic E-state index is 0.149. The zero-order valence-corrected chi connectivity index (χ0v) is 13.4. The molecule has 0 N–H and O–H groups in total. The van der Waals surface area contributed by atoms with Crippen molar-refractivity contribution in [2.45, 2.75) is 6.92 Å². The number of rotatable bonds is 2. The molecule has 0 aliphatic carbocycles. The van der Waals surface area contributed by atoms with Gasteiger partial charge in [0.15, 0.2) is 5.75 Å². The summed E-state index contributed by atoms with van der Waals surface area (Å²) in [6.07, 6.45) is 0. The zero-order valence-electron chi connectivity index (χ0n) is 12.6. The smallest absolute Gasteiger partial charge is 0.347 e. The Hall–Kier alpha value is -2.99. The zero-order chi connectivity index (χ0) is 16.7. The van der Waals surface area contributed by atoms with Crippen LogP contribution in [0.5, 0.6) is 5.75 Å². The highest BCUT2D eigenvalue weighted by Crippen LogP contribution is 2.43. The summed E-state index contributed by atoms with van der Waals surface area (Å²) in [6.45, 7) is 1.33. The minimum Gasteiger partial charge on any atom is -0.424 e. The predicted octanol–water partition coefficient (Wildman–Crippen LogP) is 4.00. The topological polar surface area (TPSA) is 69.4 Å². The van der Waals surface area contributed by atoms with E-state index < -0.39 is 11.6 Å². The Morgan fingerprint density at radius 3 is 2.58 bits per heavy atom. The number of ether oxygens (including phenoxy) is 1. The fourth-order valence-electron chi connectivity index (χ4n) is 2.52. The Bertz CT molecular complexity index is 1140. The average Bonchev–Trinajstić information content (AvgIpc) is 2.93. The summed E-state index contributed by atoms with van der Waals surface area (Å²) in [5.74, 6) is 0.0770. The van der Waals surface area contributed by atoms with Crippen LogP contribution in [0.4, 0.5) is 0 Å². The van der Waals surface area contributed by atoms with E-state index in [1.807, 2.05) is 24.3 Å². The third-order valence-corrected chi connectivity index (χ3v) is 4.67. The van der Waals surface area contributed by atoms with Gasteiger partial charge in [-0.05, 0) is 24.3 Å². The molecular weight excluding hydrogens is 326 g/mol. The van der Waals surface area contributed by atoms with Gasteiger partial charge in [0.25, 0.3) is 0 Å². The van der Waals surface area contributed by atoms with Gasteiger partial charge in [0.1, 0.15) is 4.88 Å². The number of aromatic nitrogens is 1. The second-order valence-corrected chi connectivity index (χ2v) is 6.23. The highest BCUT2D eigenvalue weighted by molar-refractivity contribution is 7.22. The molecule has 6 heteroatoms. The van der Waals surface area contributed by atoms with Crippen LogP contribution in [0.3, 0.4) is 0 Å². The van der Waals surface area contributed by atoms with Gasteiger partial charge < -0.3 is 9.15 Å². The van der Waals surface area contributed by atoms with E-state index in [4.69, 9.17) is 9.15 Å². The average molecular weight is 337 g/mol. The van der Waals surface area contributed by atoms with Crippen molar-refractivity contribution in [3.05, 3.63) is 59.0 Å². The molecule has 2 aromatic heterocycles. The molecule has 0 bridgehead atoms. The summed E-state index contributed by atoms with van der Waals surface area (Å²) in [7, 11) is 0. The van der Waals surface area contributed by atoms with Crippen molar-refractivity contribution in [2.75, 3.05) is 0 Å². The second kappa shape index (κ2) is 5.58. The number of hydrogen-bond donors (Lipinski definition) is 0. The summed E-state index contributed by atoms with van der Waals surface area (Å²) >= 11 is 1.36. The lowest BCUT2D eigenvalue weighted by Gasteiger charge is -2.04. The molecule has 0 aliphatic rings. The molecule has 0 unspecified atom stereocenters. The fourth-order valence-corrected chi connectivity index (χ4v) is 3.58. The fraction of sp³-hybridized carbons (Fsp3) is 0.0556. The van der Waals surface area contributed by atoms with Crippen LogP contribution in [0.25, 0.3) is 31.8 Å². The van der Waals surface area contributed by atoms with Crippen LogP contribution >= 0.6 is 11.3 Å². The monoisotopic (exact) mass is 337 g/mol. The first-order chi connectivity index (χ1) is 11.6. The summed E-state index contributed by atoms with van der Waals surface area (Å²) in [6, 6.07) is 14.5. The van der Waals surface area contributed by atoms with Crippen molar-refractivity contribution in [2.24, 2.45) is 0 Å². The lowest BCUT2D eigenvalue weighted by Crippen LogP contribution is -2.04. The van der Waals surface area contributed by atoms with E-state index in [2.05, 4.69) is 4.98 Å². The highest BCUT2D eigenvalue weighted by atomic mass is 32.1. The molecule has 0 amide bonds. The van der Waals surface area contributed by atoms with E-state index in [-0.39, 0.29) is 5.89 Å². The maximum atomic E-state index is 12.2. The van der Waals surface area contributed by atoms with E-state index >= 15 is 0 Å². The molecule has 24 heavy (non-hydrogen) atoms. The largest absolute Gasteiger partial charge is 0.424 e. The van der Waals surface area contributed by atoms with Gasteiger partial charge in [-0.2, -0.15) is 0 Å². The van der Waals surface area contributed by atoms with Crippen LogP contribution in [-0.4, -0.2) is 11.0 Å². The Morgan fingerprint density at radius 2 is 1.79 bits per heavy atom. The molecule has 0 atom stereocenters. The molecular formula is C18H11NO4S. The normalized spacial score (nSPS) is 11.0. The second-order valence-electron chi connectivity index (χ2n) is 5.17. The van der Waals surface area contributed by atoms with Gasteiger partial charge in [-0.1, -0.05) is 24.3 Å². The van der Waals surface area contributed by atoms with E-state index in [0.29, 0.717) is 21.5 Å². The van der Waals surface area contributed by atoms with Crippen molar-refractivity contribution < 1.29 is 13.9 Å². The SMILES string of the molecule is CC(=O)Oc1c(-c2nc3ccccc3c(=O)o2)sc2ccccc12. The molecule has 4 rings (SSSR count). The lowest BCUT2D eigenvalue weighted by atomic mass is 10.2. The molecule has 0 saturated heterocycles. The molecule has 2 aromatic carbocycles. The van der Waals surface area contributed by atoms with E-state index in [1.165, 1.54) is 18.3 Å². The summed E-state index contributed by atoms with van der Waals surface area (Å²) in [4.78, 5) is 28.6. The van der Waals surface area contributed by atoms with Gasteiger partial charge in [-0.3, -0.25) is 4.79 Å². The molecule has 118 valence electrons. The first-order valence-corrected chi connectivity index (χ1v) is 8.05. The number of hydrogen-bond acceptors (Lipinski definition) is 6. The number of benzene rings is 2. The van der Waals surface area contributed by atoms with Crippen LogP contribution in [0.1, 0.15) is 6.92 Å². The van der Waals surface area contributed by atoms with Crippen LogP contribution in [0.15, 0.2) is 57.7 Å². The van der Waals surface area contributed by atoms with E-state index in [9.17, 15) is 9.59 Å². The predicted molar refractivity (Wildman–Crippen MR) is 92.4 cm³/mol. The van der Waals surface area contributed by atoms with Crippen LogP contribution < -0.4 is 10.4 Å². The molecule has 4 aromatic rings. The summed E-state index contributed by atoms with van der Waals surface area (Å²) < 4.78 is 11.7. The number of nitrogens with zero attached hydrogens (tertiary/aromatic N) is 1. The third kappa shape index (κ3) is 2.37. The van der Waals surface area contributed by atoms with Gasteiger partial charge in [-0.15, -0.1) is 11.3 Å². The number of fused-ring (bicyclic) bond motifs is 2. The Balaban J connectivity index is 2.02. The Morgan fingerprint density at radius 1 is 1.08 bits per heavy atom. The minimum atomic E-state index is -0.471. The van der Waals surface area contributed by atoms with Gasteiger partial charge in [0.2, 0.25) is 5.89 Å². The van der Waals surface area contributed by atoms with Crippen LogP contribution in [0.2, 0.25) is 0 Å². The Labute approximate surface area is 140 Å². The Kier molecular flexibility index (Phi) is 3.39. The van der Waals surface area contributed by atoms with Gasteiger partial charge in [0, 0.05) is 17.0 Å². The van der Waals surface area contributed by atoms with Gasteiger partial charge in [-0.25, -0.2) is 9.78 Å². The van der Waals surface area contributed by atoms with Crippen molar-refractivity contribution in [1.82, 2.24) is 4.98 Å². The van der Waals surface area contributed by atoms with Crippen LogP contribution in [-0.2, 0) is 4.79 Å². The first-order valence-electron chi connectivity index (χ1n) is 7.23. The molecule has 0 fully saturated rings. The van der Waals surface area contributed by atoms with Crippen molar-refractivity contribution >= 4 is 38.3 Å². The molecule has 5 nitrogen and oxygen atoms in total. The quantitative estimate of drug-likeness (QED) is 0.517. The molecule has 0 radical (unpaired) electrons. The standard InChI is InChI=1S/C18H11NO4S/c1-10(20)22-15-12-7-3-5-9-14(12)24-16(15)17-19-13-8-4-2-6-11(13)18(21)23-17/h2-9H,1H3. The summed E-state index contributed by atoms with van der Waals surface area (Å²) in [5, 5.41) is 1.20. The first kappa shape index (κ1) is 14.6. The number of carbonyl (C=O) groups is 1.